The molecule has 1 spiro atoms. The fourth-order valence-electron chi connectivity index (χ4n) is 3.79. The van der Waals surface area contributed by atoms with Gasteiger partial charge in [-0.3, -0.25) is 14.5 Å². The number of nitrogens with two attached hydrogens (primary N) is 1. The number of nitrogens with one attached hydrogen (secondary N) is 1. The Morgan fingerprint density at radius 3 is 2.48 bits per heavy atom. The first kappa shape index (κ1) is 21.7. The highest BCUT2D eigenvalue weighted by molar-refractivity contribution is 6.08. The van der Waals surface area contributed by atoms with Gasteiger partial charge in [-0.25, -0.2) is 4.79 Å². The number of likely N-dealkylation sites (N-methyl/N-ethyl adjacent to an activating group) is 1. The van der Waals surface area contributed by atoms with Crippen molar-refractivity contribution >= 4 is 30.3 Å². The molecule has 1 aliphatic heterocycles. The van der Waals surface area contributed by atoms with Crippen LogP contribution in [-0.2, 0) is 9.59 Å². The van der Waals surface area contributed by atoms with Crippen molar-refractivity contribution in [1.82, 2.24) is 15.1 Å². The minimum Gasteiger partial charge on any atom is -0.351 e. The van der Waals surface area contributed by atoms with Crippen molar-refractivity contribution in [3.05, 3.63) is 0 Å². The van der Waals surface area contributed by atoms with Crippen molar-refractivity contribution in [2.75, 3.05) is 20.1 Å². The monoisotopic (exact) mass is 374 g/mol. The van der Waals surface area contributed by atoms with E-state index in [4.69, 9.17) is 5.73 Å². The molecular formula is C17H31ClN4O3. The van der Waals surface area contributed by atoms with Gasteiger partial charge in [0.25, 0.3) is 5.91 Å². The van der Waals surface area contributed by atoms with Crippen LogP contribution >= 0.6 is 12.4 Å². The number of rotatable bonds is 7. The zero-order valence-electron chi connectivity index (χ0n) is 15.3. The number of halogens is 1. The molecule has 1 saturated heterocycles. The molecule has 2 fully saturated rings. The molecule has 1 atom stereocenters. The second-order valence-electron chi connectivity index (χ2n) is 6.97. The Hall–Kier alpha value is -1.34. The molecule has 2 aliphatic rings. The van der Waals surface area contributed by atoms with Crippen LogP contribution in [0.25, 0.3) is 0 Å². The summed E-state index contributed by atoms with van der Waals surface area (Å²) in [6.45, 7) is 2.22. The standard InChI is InChI=1S/C17H30N4O3.ClH/c1-3-4-8-13(11-18)19-14(22)12-21-15(23)17(20(2)16(21)24)9-6-5-7-10-17;/h13H,3-12,18H2,1-2H3,(H,19,22);1H. The van der Waals surface area contributed by atoms with Crippen molar-refractivity contribution in [1.29, 1.82) is 0 Å². The van der Waals surface area contributed by atoms with E-state index in [0.29, 0.717) is 19.4 Å². The molecule has 1 aliphatic carbocycles. The molecule has 0 aromatic carbocycles. The third-order valence-corrected chi connectivity index (χ3v) is 5.34. The molecule has 0 radical (unpaired) electrons. The number of carbonyl (C=O) groups excluding carboxylic acids is 3. The van der Waals surface area contributed by atoms with E-state index in [2.05, 4.69) is 12.2 Å². The van der Waals surface area contributed by atoms with Crippen LogP contribution < -0.4 is 11.1 Å². The smallest absolute Gasteiger partial charge is 0.327 e. The highest BCUT2D eigenvalue weighted by Gasteiger charge is 2.55. The van der Waals surface area contributed by atoms with E-state index in [0.717, 1.165) is 43.4 Å². The zero-order valence-corrected chi connectivity index (χ0v) is 16.1. The van der Waals surface area contributed by atoms with Crippen LogP contribution in [0.15, 0.2) is 0 Å². The molecule has 25 heavy (non-hydrogen) atoms. The highest BCUT2D eigenvalue weighted by atomic mass is 35.5. The maximum atomic E-state index is 12.8. The zero-order chi connectivity index (χ0) is 17.7. The fraction of sp³-hybridized carbons (Fsp3) is 0.824. The Bertz CT molecular complexity index is 494. The number of hydrogen-bond donors (Lipinski definition) is 2. The Labute approximate surface area is 156 Å². The van der Waals surface area contributed by atoms with Crippen molar-refractivity contribution < 1.29 is 14.4 Å². The summed E-state index contributed by atoms with van der Waals surface area (Å²) in [6, 6.07) is -0.471. The van der Waals surface area contributed by atoms with Crippen LogP contribution in [0.3, 0.4) is 0 Å². The predicted molar refractivity (Wildman–Crippen MR) is 98.4 cm³/mol. The van der Waals surface area contributed by atoms with Crippen LogP contribution in [0.5, 0.6) is 0 Å². The molecule has 144 valence electrons. The second-order valence-corrected chi connectivity index (χ2v) is 6.97. The van der Waals surface area contributed by atoms with E-state index in [1.54, 1.807) is 11.9 Å². The van der Waals surface area contributed by atoms with E-state index >= 15 is 0 Å². The minimum absolute atomic E-state index is 0. The second kappa shape index (κ2) is 9.38. The summed E-state index contributed by atoms with van der Waals surface area (Å²) in [5.74, 6) is -0.535. The van der Waals surface area contributed by atoms with Crippen molar-refractivity contribution in [2.45, 2.75) is 69.9 Å². The van der Waals surface area contributed by atoms with Gasteiger partial charge in [0, 0.05) is 19.6 Å². The van der Waals surface area contributed by atoms with Crippen LogP contribution in [0, 0.1) is 0 Å². The Morgan fingerprint density at radius 2 is 1.92 bits per heavy atom. The lowest BCUT2D eigenvalue weighted by Gasteiger charge is -2.35. The SMILES string of the molecule is CCCCC(CN)NC(=O)CN1C(=O)N(C)C2(CCCCC2)C1=O.Cl. The molecule has 1 saturated carbocycles. The summed E-state index contributed by atoms with van der Waals surface area (Å²) in [7, 11) is 1.67. The Balaban J connectivity index is 0.00000312. The fourth-order valence-corrected chi connectivity index (χ4v) is 3.79. The highest BCUT2D eigenvalue weighted by Crippen LogP contribution is 2.39. The van der Waals surface area contributed by atoms with Gasteiger partial charge in [0.05, 0.1) is 0 Å². The van der Waals surface area contributed by atoms with E-state index in [-0.39, 0.29) is 42.8 Å². The van der Waals surface area contributed by atoms with E-state index in [1.807, 2.05) is 0 Å². The number of unbranched alkanes of at least 4 members (excludes halogenated alkanes) is 1. The average molecular weight is 375 g/mol. The van der Waals surface area contributed by atoms with Gasteiger partial charge in [-0.05, 0) is 19.3 Å². The molecule has 7 nitrogen and oxygen atoms in total. The largest absolute Gasteiger partial charge is 0.351 e. The van der Waals surface area contributed by atoms with E-state index in [9.17, 15) is 14.4 Å². The van der Waals surface area contributed by atoms with Gasteiger partial charge in [-0.15, -0.1) is 12.4 Å². The van der Waals surface area contributed by atoms with Crippen LogP contribution in [-0.4, -0.2) is 59.4 Å². The molecular weight excluding hydrogens is 344 g/mol. The Kier molecular flexibility index (Phi) is 8.15. The molecule has 1 unspecified atom stereocenters. The third-order valence-electron chi connectivity index (χ3n) is 5.34. The number of amides is 4. The lowest BCUT2D eigenvalue weighted by molar-refractivity contribution is -0.137. The van der Waals surface area contributed by atoms with Gasteiger partial charge >= 0.3 is 6.03 Å². The van der Waals surface area contributed by atoms with Gasteiger partial charge in [-0.1, -0.05) is 39.0 Å². The number of nitrogens with zero attached hydrogens (tertiary/aromatic N) is 2. The molecule has 3 N–H and O–H groups in total. The number of urea groups is 1. The summed E-state index contributed by atoms with van der Waals surface area (Å²) in [5.41, 5.74) is 4.96. The lowest BCUT2D eigenvalue weighted by Crippen LogP contribution is -2.50. The molecule has 0 aromatic heterocycles. The van der Waals surface area contributed by atoms with E-state index < -0.39 is 5.54 Å². The van der Waals surface area contributed by atoms with Crippen LogP contribution in [0.4, 0.5) is 4.79 Å². The maximum Gasteiger partial charge on any atom is 0.327 e. The summed E-state index contributed by atoms with van der Waals surface area (Å²) < 4.78 is 0. The molecule has 0 aromatic rings. The van der Waals surface area contributed by atoms with Crippen LogP contribution in [0.2, 0.25) is 0 Å². The first-order valence-corrected chi connectivity index (χ1v) is 9.05. The lowest BCUT2D eigenvalue weighted by atomic mass is 9.81. The summed E-state index contributed by atoms with van der Waals surface area (Å²) in [4.78, 5) is 40.2. The molecule has 1 heterocycles. The van der Waals surface area contributed by atoms with Crippen LogP contribution in [0.1, 0.15) is 58.3 Å². The van der Waals surface area contributed by atoms with Gasteiger partial charge in [-0.2, -0.15) is 0 Å². The molecule has 8 heteroatoms. The first-order chi connectivity index (χ1) is 11.5. The number of hydrogen-bond acceptors (Lipinski definition) is 4. The van der Waals surface area contributed by atoms with E-state index in [1.165, 1.54) is 0 Å². The molecule has 0 bridgehead atoms. The summed E-state index contributed by atoms with van der Waals surface area (Å²) >= 11 is 0. The molecule has 2 rings (SSSR count). The third kappa shape index (κ3) is 4.44. The Morgan fingerprint density at radius 1 is 1.28 bits per heavy atom. The topological polar surface area (TPSA) is 95.7 Å². The molecule has 4 amide bonds. The van der Waals surface area contributed by atoms with Gasteiger partial charge in [0.2, 0.25) is 5.91 Å². The minimum atomic E-state index is -0.731. The summed E-state index contributed by atoms with van der Waals surface area (Å²) in [5, 5.41) is 2.85. The summed E-state index contributed by atoms with van der Waals surface area (Å²) in [6.07, 6.45) is 7.17. The number of imide groups is 1. The first-order valence-electron chi connectivity index (χ1n) is 9.05. The number of carbonyl (C=O) groups is 3. The predicted octanol–water partition coefficient (Wildman–Crippen LogP) is 1.64. The van der Waals surface area contributed by atoms with Crippen molar-refractivity contribution in [3.63, 3.8) is 0 Å². The van der Waals surface area contributed by atoms with Crippen molar-refractivity contribution in [3.8, 4) is 0 Å². The average Bonchev–Trinajstić information content (AvgIpc) is 2.75. The normalized spacial score (nSPS) is 20.6. The quantitative estimate of drug-likeness (QED) is 0.662. The van der Waals surface area contributed by atoms with Gasteiger partial charge in [0.15, 0.2) is 0 Å². The maximum absolute atomic E-state index is 12.8. The van der Waals surface area contributed by atoms with Gasteiger partial charge < -0.3 is 16.0 Å². The van der Waals surface area contributed by atoms with Gasteiger partial charge in [0.1, 0.15) is 12.1 Å². The van der Waals surface area contributed by atoms with Crippen molar-refractivity contribution in [2.24, 2.45) is 5.73 Å².